The van der Waals surface area contributed by atoms with Crippen molar-refractivity contribution in [2.45, 2.75) is 55.4 Å². The molecule has 0 aliphatic heterocycles. The van der Waals surface area contributed by atoms with Crippen molar-refractivity contribution in [3.05, 3.63) is 49.2 Å². The van der Waals surface area contributed by atoms with Gasteiger partial charge in [-0.2, -0.15) is 0 Å². The number of aryl methyl sites for hydroxylation is 1. The second-order valence-corrected chi connectivity index (χ2v) is 2.14. The summed E-state index contributed by atoms with van der Waals surface area (Å²) in [6.07, 6.45) is 7.25. The Morgan fingerprint density at radius 1 is 0.579 bits per heavy atom. The molecule has 2 heterocycles. The van der Waals surface area contributed by atoms with Crippen LogP contribution in [0.4, 0.5) is 0 Å². The second-order valence-electron chi connectivity index (χ2n) is 2.14. The van der Waals surface area contributed by atoms with Crippen molar-refractivity contribution in [2.24, 2.45) is 7.05 Å². The summed E-state index contributed by atoms with van der Waals surface area (Å²) in [7, 11) is 2.00. The van der Waals surface area contributed by atoms with E-state index in [2.05, 4.69) is 4.42 Å². The van der Waals surface area contributed by atoms with Crippen LogP contribution in [-0.4, -0.2) is 4.57 Å². The van der Waals surface area contributed by atoms with Gasteiger partial charge in [0.2, 0.25) is 0 Å². The Bertz CT molecular complexity index is 229. The molecule has 0 aliphatic carbocycles. The maximum atomic E-state index is 4.58. The fourth-order valence-corrected chi connectivity index (χ4v) is 0.647. The molecule has 0 saturated carbocycles. The third-order valence-electron chi connectivity index (χ3n) is 1.18. The third kappa shape index (κ3) is 31.5. The topological polar surface area (TPSA) is 18.1 Å². The van der Waals surface area contributed by atoms with E-state index in [1.807, 2.05) is 104 Å². The van der Waals surface area contributed by atoms with E-state index in [4.69, 9.17) is 0 Å². The number of rotatable bonds is 0. The van der Waals surface area contributed by atoms with Crippen LogP contribution in [0, 0.1) is 0 Å². The molecule has 114 valence electrons. The monoisotopic (exact) mass is 269 g/mol. The molecule has 2 aromatic rings. The lowest BCUT2D eigenvalue weighted by Gasteiger charge is -1.79. The molecule has 19 heavy (non-hydrogen) atoms. The molecule has 0 unspecified atom stereocenters. The summed E-state index contributed by atoms with van der Waals surface area (Å²) in [4.78, 5) is 0. The van der Waals surface area contributed by atoms with E-state index in [9.17, 15) is 0 Å². The first-order valence-corrected chi connectivity index (χ1v) is 7.44. The van der Waals surface area contributed by atoms with Crippen molar-refractivity contribution in [1.82, 2.24) is 4.57 Å². The molecule has 2 rings (SSSR count). The van der Waals surface area contributed by atoms with Gasteiger partial charge in [-0.15, -0.1) is 0 Å². The Labute approximate surface area is 121 Å². The molecule has 0 saturated heterocycles. The van der Waals surface area contributed by atoms with Crippen LogP contribution in [0.1, 0.15) is 55.4 Å². The molecule has 0 bridgehead atoms. The molecule has 0 fully saturated rings. The lowest BCUT2D eigenvalue weighted by molar-refractivity contribution is 0.567. The maximum absolute atomic E-state index is 4.58. The summed E-state index contributed by atoms with van der Waals surface area (Å²) in [5.74, 6) is 0. The van der Waals surface area contributed by atoms with Crippen molar-refractivity contribution >= 4 is 0 Å². The first-order valence-electron chi connectivity index (χ1n) is 7.44. The second kappa shape index (κ2) is 36.0. The van der Waals surface area contributed by atoms with Gasteiger partial charge in [-0.3, -0.25) is 0 Å². The molecule has 2 aromatic heterocycles. The van der Waals surface area contributed by atoms with Gasteiger partial charge >= 0.3 is 0 Å². The van der Waals surface area contributed by atoms with Crippen molar-refractivity contribution < 1.29 is 4.42 Å². The summed E-state index contributed by atoms with van der Waals surface area (Å²) >= 11 is 0. The van der Waals surface area contributed by atoms with Crippen molar-refractivity contribution in [1.29, 1.82) is 0 Å². The predicted molar refractivity (Wildman–Crippen MR) is 89.5 cm³/mol. The number of aromatic nitrogens is 1. The van der Waals surface area contributed by atoms with E-state index in [1.54, 1.807) is 12.5 Å². The minimum absolute atomic E-state index is 1.62. The lowest BCUT2D eigenvalue weighted by Crippen LogP contribution is -1.75. The summed E-state index contributed by atoms with van der Waals surface area (Å²) in [5, 5.41) is 0. The van der Waals surface area contributed by atoms with E-state index in [1.165, 1.54) is 0 Å². The standard InChI is InChI=1S/C5H7N.C4H4O.4C2H6/c1-6-4-2-3-5-6;1-2-4-5-3-1;4*1-2/h2-5H,1H3;1-4H;4*1-2H3. The van der Waals surface area contributed by atoms with Crippen molar-refractivity contribution in [2.75, 3.05) is 0 Å². The average molecular weight is 269 g/mol. The third-order valence-corrected chi connectivity index (χ3v) is 1.18. The largest absolute Gasteiger partial charge is 0.473 e. The van der Waals surface area contributed by atoms with E-state index in [0.717, 1.165) is 0 Å². The van der Waals surface area contributed by atoms with E-state index in [0.29, 0.717) is 0 Å². The molecular formula is C17H35NO. The van der Waals surface area contributed by atoms with Crippen molar-refractivity contribution in [3.8, 4) is 0 Å². The van der Waals surface area contributed by atoms with Gasteiger partial charge in [0.1, 0.15) is 0 Å². The summed E-state index contributed by atoms with van der Waals surface area (Å²) in [6.45, 7) is 16.0. The maximum Gasteiger partial charge on any atom is 0.0902 e. The SMILES string of the molecule is CC.CC.CC.CC.Cn1cccc1.c1ccoc1. The van der Waals surface area contributed by atoms with Crippen LogP contribution in [0.2, 0.25) is 0 Å². The fourth-order valence-electron chi connectivity index (χ4n) is 0.647. The minimum Gasteiger partial charge on any atom is -0.473 e. The molecule has 0 aliphatic rings. The number of hydrogen-bond acceptors (Lipinski definition) is 1. The highest BCUT2D eigenvalue weighted by molar-refractivity contribution is 4.88. The quantitative estimate of drug-likeness (QED) is 0.540. The van der Waals surface area contributed by atoms with E-state index < -0.39 is 0 Å². The molecule has 0 amide bonds. The van der Waals surface area contributed by atoms with Crippen LogP contribution >= 0.6 is 0 Å². The van der Waals surface area contributed by atoms with Crippen LogP contribution in [0.5, 0.6) is 0 Å². The molecule has 0 radical (unpaired) electrons. The molecule has 2 heteroatoms. The van der Waals surface area contributed by atoms with Gasteiger partial charge in [0.25, 0.3) is 0 Å². The van der Waals surface area contributed by atoms with Gasteiger partial charge in [-0.1, -0.05) is 55.4 Å². The number of hydrogen-bond donors (Lipinski definition) is 0. The van der Waals surface area contributed by atoms with Gasteiger partial charge in [-0.05, 0) is 24.3 Å². The Morgan fingerprint density at radius 3 is 1.00 bits per heavy atom. The number of furan rings is 1. The zero-order valence-electron chi connectivity index (χ0n) is 14.5. The van der Waals surface area contributed by atoms with Gasteiger partial charge in [0.15, 0.2) is 0 Å². The average Bonchev–Trinajstić information content (AvgIpc) is 3.23. The zero-order valence-corrected chi connectivity index (χ0v) is 14.5. The van der Waals surface area contributed by atoms with Gasteiger partial charge < -0.3 is 8.98 Å². The summed E-state index contributed by atoms with van der Waals surface area (Å²) in [6, 6.07) is 7.67. The first kappa shape index (κ1) is 26.2. The lowest BCUT2D eigenvalue weighted by atomic mass is 10.7. The molecule has 0 aromatic carbocycles. The minimum atomic E-state index is 1.62. The normalized spacial score (nSPS) is 6.16. The molecule has 0 atom stereocenters. The highest BCUT2D eigenvalue weighted by Gasteiger charge is 1.68. The fraction of sp³-hybridized carbons (Fsp3) is 0.529. The summed E-state index contributed by atoms with van der Waals surface area (Å²) in [5.41, 5.74) is 0. The Morgan fingerprint density at radius 2 is 0.895 bits per heavy atom. The molecular weight excluding hydrogens is 234 g/mol. The Kier molecular flexibility index (Phi) is 49.6. The Hall–Kier alpha value is -1.44. The highest BCUT2D eigenvalue weighted by atomic mass is 16.3. The van der Waals surface area contributed by atoms with Gasteiger partial charge in [0, 0.05) is 19.4 Å². The van der Waals surface area contributed by atoms with Gasteiger partial charge in [-0.25, -0.2) is 0 Å². The predicted octanol–water partition coefficient (Wildman–Crippen LogP) is 6.41. The molecule has 0 N–H and O–H groups in total. The van der Waals surface area contributed by atoms with Crippen LogP contribution < -0.4 is 0 Å². The Balaban J connectivity index is -0.0000000790. The van der Waals surface area contributed by atoms with Gasteiger partial charge in [0.05, 0.1) is 12.5 Å². The van der Waals surface area contributed by atoms with Crippen molar-refractivity contribution in [3.63, 3.8) is 0 Å². The first-order chi connectivity index (χ1) is 9.39. The number of nitrogens with zero attached hydrogens (tertiary/aromatic N) is 1. The smallest absolute Gasteiger partial charge is 0.0902 e. The van der Waals surface area contributed by atoms with E-state index in [-0.39, 0.29) is 0 Å². The van der Waals surface area contributed by atoms with E-state index >= 15 is 0 Å². The zero-order chi connectivity index (χ0) is 15.9. The highest BCUT2D eigenvalue weighted by Crippen LogP contribution is 1.80. The molecule has 2 nitrogen and oxygen atoms in total. The molecule has 0 spiro atoms. The van der Waals surface area contributed by atoms with Crippen LogP contribution in [0.25, 0.3) is 0 Å². The summed E-state index contributed by atoms with van der Waals surface area (Å²) < 4.78 is 6.58. The van der Waals surface area contributed by atoms with Crippen LogP contribution in [0.3, 0.4) is 0 Å². The van der Waals surface area contributed by atoms with Crippen LogP contribution in [-0.2, 0) is 7.05 Å². The van der Waals surface area contributed by atoms with Crippen LogP contribution in [0.15, 0.2) is 53.6 Å².